The average Bonchev–Trinajstić information content (AvgIpc) is 2.81. The predicted molar refractivity (Wildman–Crippen MR) is 119 cm³/mol. The van der Waals surface area contributed by atoms with Gasteiger partial charge in [0.1, 0.15) is 18.9 Å². The summed E-state index contributed by atoms with van der Waals surface area (Å²) >= 11 is 0. The molecule has 2 aliphatic heterocycles. The van der Waals surface area contributed by atoms with E-state index >= 15 is 0 Å². The molecule has 1 aromatic heterocycles. The van der Waals surface area contributed by atoms with Gasteiger partial charge < -0.3 is 19.7 Å². The van der Waals surface area contributed by atoms with Gasteiger partial charge in [0.15, 0.2) is 5.60 Å². The fourth-order valence-corrected chi connectivity index (χ4v) is 3.95. The Bertz CT molecular complexity index is 1170. The molecule has 33 heavy (non-hydrogen) atoms. The van der Waals surface area contributed by atoms with E-state index in [0.717, 1.165) is 15.9 Å². The molecule has 1 atom stereocenters. The normalized spacial score (nSPS) is 22.3. The van der Waals surface area contributed by atoms with Crippen LogP contribution in [0.3, 0.4) is 0 Å². The average molecular weight is 454 g/mol. The zero-order valence-corrected chi connectivity index (χ0v) is 18.1. The van der Waals surface area contributed by atoms with E-state index < -0.39 is 16.9 Å². The number of nitrogens with zero attached hydrogens (tertiary/aromatic N) is 2. The van der Waals surface area contributed by atoms with Crippen LogP contribution in [-0.4, -0.2) is 64.7 Å². The van der Waals surface area contributed by atoms with Gasteiger partial charge in [-0.05, 0) is 18.1 Å². The third kappa shape index (κ3) is 5.23. The van der Waals surface area contributed by atoms with E-state index in [1.54, 1.807) is 0 Å². The minimum absolute atomic E-state index is 0.0531. The Morgan fingerprint density at radius 3 is 2.79 bits per heavy atom. The Morgan fingerprint density at radius 1 is 1.09 bits per heavy atom. The van der Waals surface area contributed by atoms with Crippen molar-refractivity contribution >= 4 is 11.8 Å². The maximum atomic E-state index is 13.1. The Labute approximate surface area is 189 Å². The molecule has 2 N–H and O–H groups in total. The molecule has 1 unspecified atom stereocenters. The zero-order chi connectivity index (χ0) is 23.3. The quantitative estimate of drug-likeness (QED) is 0.608. The molecule has 0 aliphatic carbocycles. The van der Waals surface area contributed by atoms with Gasteiger partial charge in [0, 0.05) is 25.2 Å². The predicted octanol–water partition coefficient (Wildman–Crippen LogP) is -0.168. The first-order chi connectivity index (χ1) is 16.0. The Morgan fingerprint density at radius 2 is 1.94 bits per heavy atom. The number of para-hydroxylation sites is 1. The number of H-pyrrole nitrogens is 1. The van der Waals surface area contributed by atoms with Gasteiger partial charge in [-0.25, -0.2) is 4.79 Å². The number of nitrogens with one attached hydrogen (secondary N) is 2. The Hall–Kier alpha value is -3.66. The first kappa shape index (κ1) is 22.5. The lowest BCUT2D eigenvalue weighted by molar-refractivity contribution is -0.166. The maximum absolute atomic E-state index is 13.1. The highest BCUT2D eigenvalue weighted by Crippen LogP contribution is 2.25. The number of aromatic amines is 1. The van der Waals surface area contributed by atoms with Crippen LogP contribution in [0.25, 0.3) is 0 Å². The number of amides is 2. The van der Waals surface area contributed by atoms with Crippen molar-refractivity contribution in [2.24, 2.45) is 0 Å². The molecule has 2 amide bonds. The number of carbonyl (C=O) groups is 2. The number of allylic oxidation sites excluding steroid dienone is 1. The Kier molecular flexibility index (Phi) is 6.74. The molecular weight excluding hydrogens is 428 g/mol. The number of morpholine rings is 1. The number of benzene rings is 1. The van der Waals surface area contributed by atoms with E-state index in [4.69, 9.17) is 9.47 Å². The van der Waals surface area contributed by atoms with Crippen molar-refractivity contribution in [1.82, 2.24) is 19.8 Å². The van der Waals surface area contributed by atoms with E-state index in [1.807, 2.05) is 36.4 Å². The topological polar surface area (TPSA) is 123 Å². The largest absolute Gasteiger partial charge is 0.491 e. The molecule has 174 valence electrons. The van der Waals surface area contributed by atoms with Crippen molar-refractivity contribution in [2.75, 3.05) is 32.8 Å². The summed E-state index contributed by atoms with van der Waals surface area (Å²) in [4.78, 5) is 52.9. The molecule has 0 radical (unpaired) electrons. The lowest BCUT2D eigenvalue weighted by Gasteiger charge is -2.41. The molecular formula is C23H26N4O6. The maximum Gasteiger partial charge on any atom is 0.328 e. The van der Waals surface area contributed by atoms with E-state index in [0.29, 0.717) is 32.5 Å². The van der Waals surface area contributed by atoms with Crippen LogP contribution in [0.4, 0.5) is 0 Å². The molecule has 10 heteroatoms. The fraction of sp³-hybridized carbons (Fsp3) is 0.391. The molecule has 4 rings (SSSR count). The second-order valence-corrected chi connectivity index (χ2v) is 7.99. The van der Waals surface area contributed by atoms with Gasteiger partial charge in [0.05, 0.1) is 19.7 Å². The van der Waals surface area contributed by atoms with Crippen LogP contribution in [-0.2, 0) is 27.3 Å². The van der Waals surface area contributed by atoms with Crippen LogP contribution in [0.5, 0.6) is 5.75 Å². The summed E-state index contributed by atoms with van der Waals surface area (Å²) in [7, 11) is 0. The summed E-state index contributed by atoms with van der Waals surface area (Å²) in [5.41, 5.74) is -1.38. The first-order valence-corrected chi connectivity index (χ1v) is 10.8. The smallest absolute Gasteiger partial charge is 0.328 e. The van der Waals surface area contributed by atoms with Gasteiger partial charge in [0.2, 0.25) is 5.91 Å². The molecule has 3 heterocycles. The van der Waals surface area contributed by atoms with Gasteiger partial charge in [0.25, 0.3) is 11.5 Å². The van der Waals surface area contributed by atoms with Crippen LogP contribution >= 0.6 is 0 Å². The summed E-state index contributed by atoms with van der Waals surface area (Å²) in [6, 6.07) is 8.94. The number of rotatable bonds is 2. The van der Waals surface area contributed by atoms with Crippen LogP contribution in [0.15, 0.2) is 58.3 Å². The van der Waals surface area contributed by atoms with Crippen molar-refractivity contribution in [3.63, 3.8) is 0 Å². The minimum Gasteiger partial charge on any atom is -0.491 e. The van der Waals surface area contributed by atoms with Gasteiger partial charge >= 0.3 is 5.69 Å². The lowest BCUT2D eigenvalue weighted by atomic mass is 9.94. The summed E-state index contributed by atoms with van der Waals surface area (Å²) in [6.07, 6.45) is 6.07. The number of ether oxygens (including phenoxy) is 2. The standard InChI is InChI=1S/C23H26N4O6/c28-19-8-11-26(22(31)25-19)15-20(29)27-12-14-33-23(16-27)9-4-3-6-17-5-1-2-7-18(17)32-13-10-24-21(23)30/h1-5,7-8,11H,6,9-10,12-16H2,(H,24,30)(H,25,28,31)/b4-3+. The number of hydrogen-bond donors (Lipinski definition) is 2. The van der Waals surface area contributed by atoms with Gasteiger partial charge in [-0.3, -0.25) is 23.9 Å². The molecule has 10 nitrogen and oxygen atoms in total. The van der Waals surface area contributed by atoms with Crippen molar-refractivity contribution in [1.29, 1.82) is 0 Å². The van der Waals surface area contributed by atoms with Crippen molar-refractivity contribution in [2.45, 2.75) is 25.0 Å². The molecule has 2 aromatic rings. The SMILES string of the molecule is O=C(Cn1ccc(=O)[nH]c1=O)N1CCOC2(C/C=C/Cc3ccccc3OCCNC2=O)C1. The molecule has 2 aliphatic rings. The molecule has 0 saturated carbocycles. The fourth-order valence-electron chi connectivity index (χ4n) is 3.95. The van der Waals surface area contributed by atoms with Crippen molar-refractivity contribution in [3.05, 3.63) is 75.1 Å². The van der Waals surface area contributed by atoms with Crippen LogP contribution < -0.4 is 21.3 Å². The summed E-state index contributed by atoms with van der Waals surface area (Å²) in [5, 5.41) is 2.86. The van der Waals surface area contributed by atoms with E-state index in [-0.39, 0.29) is 31.5 Å². The van der Waals surface area contributed by atoms with Crippen molar-refractivity contribution < 1.29 is 19.1 Å². The Balaban J connectivity index is 1.51. The minimum atomic E-state index is -1.24. The number of aromatic nitrogens is 2. The molecule has 1 fully saturated rings. The monoisotopic (exact) mass is 454 g/mol. The molecule has 1 saturated heterocycles. The summed E-state index contributed by atoms with van der Waals surface area (Å²) in [6.45, 7) is 0.896. The lowest BCUT2D eigenvalue weighted by Crippen LogP contribution is -2.61. The van der Waals surface area contributed by atoms with Crippen LogP contribution in [0.2, 0.25) is 0 Å². The third-order valence-corrected chi connectivity index (χ3v) is 5.72. The van der Waals surface area contributed by atoms with Crippen LogP contribution in [0, 0.1) is 0 Å². The van der Waals surface area contributed by atoms with Gasteiger partial charge in [-0.1, -0.05) is 30.4 Å². The summed E-state index contributed by atoms with van der Waals surface area (Å²) in [5.74, 6) is 0.130. The highest BCUT2D eigenvalue weighted by Gasteiger charge is 2.44. The number of hydrogen-bond acceptors (Lipinski definition) is 6. The first-order valence-electron chi connectivity index (χ1n) is 10.8. The third-order valence-electron chi connectivity index (χ3n) is 5.72. The number of fused-ring (bicyclic) bond motifs is 1. The number of carbonyl (C=O) groups excluding carboxylic acids is 2. The molecule has 0 bridgehead atoms. The van der Waals surface area contributed by atoms with Crippen molar-refractivity contribution in [3.8, 4) is 5.75 Å². The molecule has 1 spiro atoms. The molecule has 1 aromatic carbocycles. The second kappa shape index (κ2) is 9.86. The van der Waals surface area contributed by atoms with E-state index in [2.05, 4.69) is 10.3 Å². The van der Waals surface area contributed by atoms with Crippen LogP contribution in [0.1, 0.15) is 12.0 Å². The second-order valence-electron chi connectivity index (χ2n) is 7.99. The highest BCUT2D eigenvalue weighted by atomic mass is 16.5. The van der Waals surface area contributed by atoms with Gasteiger partial charge in [-0.15, -0.1) is 0 Å². The zero-order valence-electron chi connectivity index (χ0n) is 18.1. The van der Waals surface area contributed by atoms with E-state index in [1.165, 1.54) is 17.2 Å². The highest BCUT2D eigenvalue weighted by molar-refractivity contribution is 5.87. The van der Waals surface area contributed by atoms with E-state index in [9.17, 15) is 19.2 Å². The van der Waals surface area contributed by atoms with Gasteiger partial charge in [-0.2, -0.15) is 0 Å². The summed E-state index contributed by atoms with van der Waals surface area (Å²) < 4.78 is 12.9.